The Hall–Kier alpha value is -1.96. The summed E-state index contributed by atoms with van der Waals surface area (Å²) in [6.07, 6.45) is 7.03. The molecule has 6 heteroatoms. The highest BCUT2D eigenvalue weighted by Gasteiger charge is 2.80. The van der Waals surface area contributed by atoms with Crippen molar-refractivity contribution in [1.29, 1.82) is 0 Å². The molecular weight excluding hydrogens is 490 g/mol. The lowest BCUT2D eigenvalue weighted by Gasteiger charge is -2.74. The molecule has 2 spiro atoms. The molecule has 7 aliphatic rings. The lowest BCUT2D eigenvalue weighted by Crippen LogP contribution is -2.81. The van der Waals surface area contributed by atoms with E-state index in [0.29, 0.717) is 19.3 Å². The number of likely N-dealkylation sites (tertiary alicyclic amines) is 1. The summed E-state index contributed by atoms with van der Waals surface area (Å²) in [7, 11) is 1.87. The maximum atomic E-state index is 10.8. The Kier molecular flexibility index (Phi) is 5.58. The first-order valence-electron chi connectivity index (χ1n) is 15.1. The van der Waals surface area contributed by atoms with Crippen molar-refractivity contribution in [2.75, 3.05) is 33.4 Å². The van der Waals surface area contributed by atoms with E-state index in [4.69, 9.17) is 14.2 Å². The fourth-order valence-electron chi connectivity index (χ4n) is 10.0. The average molecular weight is 532 g/mol. The van der Waals surface area contributed by atoms with Crippen molar-refractivity contribution in [3.63, 3.8) is 0 Å². The molecule has 1 saturated heterocycles. The number of nitrogens with zero attached hydrogens (tertiary/aromatic N) is 1. The minimum absolute atomic E-state index is 0.102. The van der Waals surface area contributed by atoms with Gasteiger partial charge in [-0.3, -0.25) is 4.90 Å². The van der Waals surface area contributed by atoms with Crippen LogP contribution in [0.5, 0.6) is 5.75 Å². The topological polar surface area (TPSA) is 71.4 Å². The minimum atomic E-state index is -0.938. The van der Waals surface area contributed by atoms with Crippen LogP contribution in [-0.4, -0.2) is 66.3 Å². The number of hydrogen-bond donors (Lipinski definition) is 2. The number of methoxy groups -OCH3 is 1. The summed E-state index contributed by atoms with van der Waals surface area (Å²) in [5.74, 6) is 1.94. The van der Waals surface area contributed by atoms with E-state index in [1.54, 1.807) is 0 Å². The number of fused-ring (bicyclic) bond motifs is 2. The van der Waals surface area contributed by atoms with Gasteiger partial charge in [-0.25, -0.2) is 0 Å². The summed E-state index contributed by atoms with van der Waals surface area (Å²) in [5.41, 5.74) is 4.20. The number of benzene rings is 2. The second kappa shape index (κ2) is 8.77. The first-order chi connectivity index (χ1) is 19.1. The third-order valence-electron chi connectivity index (χ3n) is 11.8. The molecule has 2 aliphatic heterocycles. The molecule has 2 N–H and O–H groups in total. The maximum absolute atomic E-state index is 10.8. The lowest BCUT2D eigenvalue weighted by molar-refractivity contribution is -0.283. The molecule has 5 aliphatic carbocycles. The van der Waals surface area contributed by atoms with Crippen molar-refractivity contribution >= 4 is 0 Å². The van der Waals surface area contributed by atoms with E-state index in [1.165, 1.54) is 36.1 Å². The zero-order valence-electron chi connectivity index (χ0n) is 23.0. The van der Waals surface area contributed by atoms with Crippen LogP contribution < -0.4 is 4.74 Å². The molecule has 39 heavy (non-hydrogen) atoms. The van der Waals surface area contributed by atoms with Crippen LogP contribution in [0.1, 0.15) is 66.9 Å². The largest absolute Gasteiger partial charge is 0.486 e. The lowest BCUT2D eigenvalue weighted by atomic mass is 9.35. The fourth-order valence-corrected chi connectivity index (χ4v) is 10.0. The standard InChI is InChI=1S/C33H41NO5/c1-37-33-12-11-31(16-24(33)20-38-19-22-5-3-2-4-6-22)27-15-23-9-10-25(26(36)18-35)29-28(23)32(31,30(33)39-29)13-14-34(27)17-21-7-8-21/h2-6,9-10,21,24,26-27,30,35-36H,7-8,11-20H2,1H3/t24-,26?,27-,30-,31?,32?,33?/m1/s1. The normalized spacial score (nSPS) is 38.4. The summed E-state index contributed by atoms with van der Waals surface area (Å²) in [4.78, 5) is 2.85. The highest BCUT2D eigenvalue weighted by atomic mass is 16.6. The van der Waals surface area contributed by atoms with Crippen LogP contribution in [0.3, 0.4) is 0 Å². The number of aliphatic hydroxyl groups excluding tert-OH is 2. The van der Waals surface area contributed by atoms with Gasteiger partial charge in [-0.05, 0) is 68.5 Å². The van der Waals surface area contributed by atoms with Gasteiger partial charge in [0.15, 0.2) is 0 Å². The Balaban J connectivity index is 1.23. The van der Waals surface area contributed by atoms with E-state index in [9.17, 15) is 10.2 Å². The van der Waals surface area contributed by atoms with E-state index in [-0.39, 0.29) is 29.5 Å². The van der Waals surface area contributed by atoms with Gasteiger partial charge in [-0.1, -0.05) is 42.5 Å². The van der Waals surface area contributed by atoms with Crippen LogP contribution in [0.2, 0.25) is 0 Å². The first-order valence-corrected chi connectivity index (χ1v) is 15.1. The van der Waals surface area contributed by atoms with Gasteiger partial charge in [0, 0.05) is 47.6 Å². The molecule has 0 radical (unpaired) electrons. The van der Waals surface area contributed by atoms with Crippen molar-refractivity contribution < 1.29 is 24.4 Å². The van der Waals surface area contributed by atoms with Gasteiger partial charge in [-0.15, -0.1) is 0 Å². The average Bonchev–Trinajstić information content (AvgIpc) is 3.71. The van der Waals surface area contributed by atoms with E-state index in [0.717, 1.165) is 55.9 Å². The summed E-state index contributed by atoms with van der Waals surface area (Å²) < 4.78 is 20.2. The van der Waals surface area contributed by atoms with Gasteiger partial charge in [0.25, 0.3) is 0 Å². The SMILES string of the molecule is COC12CCC3(C[C@@H]1COCc1ccccc1)[C@H]1Cc4ccc(C(O)CO)c5c4C3(CCN1CC1CC1)[C@H]2O5. The molecular formula is C33H41NO5. The van der Waals surface area contributed by atoms with Crippen molar-refractivity contribution in [1.82, 2.24) is 4.90 Å². The molecule has 2 aromatic carbocycles. The van der Waals surface area contributed by atoms with Crippen LogP contribution in [0.15, 0.2) is 42.5 Å². The van der Waals surface area contributed by atoms with Crippen molar-refractivity contribution in [2.24, 2.45) is 17.3 Å². The molecule has 2 heterocycles. The van der Waals surface area contributed by atoms with Crippen molar-refractivity contribution in [3.8, 4) is 5.75 Å². The molecule has 4 saturated carbocycles. The number of ether oxygens (including phenoxy) is 3. The molecule has 9 rings (SSSR count). The van der Waals surface area contributed by atoms with Gasteiger partial charge >= 0.3 is 0 Å². The zero-order chi connectivity index (χ0) is 26.4. The minimum Gasteiger partial charge on any atom is -0.486 e. The number of aliphatic hydroxyl groups is 2. The van der Waals surface area contributed by atoms with E-state index < -0.39 is 11.7 Å². The molecule has 6 nitrogen and oxygen atoms in total. The molecule has 5 fully saturated rings. The molecule has 2 aromatic rings. The second-order valence-electron chi connectivity index (χ2n) is 13.3. The summed E-state index contributed by atoms with van der Waals surface area (Å²) in [5, 5.41) is 20.7. The maximum Gasteiger partial charge on any atom is 0.138 e. The van der Waals surface area contributed by atoms with E-state index in [2.05, 4.69) is 35.2 Å². The predicted molar refractivity (Wildman–Crippen MR) is 147 cm³/mol. The quantitative estimate of drug-likeness (QED) is 0.507. The Morgan fingerprint density at radius 3 is 2.72 bits per heavy atom. The van der Waals surface area contributed by atoms with Crippen molar-refractivity contribution in [2.45, 2.75) is 80.8 Å². The number of piperidine rings is 1. The van der Waals surface area contributed by atoms with Crippen molar-refractivity contribution in [3.05, 3.63) is 64.7 Å². The third-order valence-corrected chi connectivity index (χ3v) is 11.8. The third kappa shape index (κ3) is 3.21. The van der Waals surface area contributed by atoms with Gasteiger partial charge in [0.05, 0.1) is 19.8 Å². The van der Waals surface area contributed by atoms with E-state index in [1.807, 2.05) is 19.2 Å². The van der Waals surface area contributed by atoms with Crippen LogP contribution >= 0.6 is 0 Å². The van der Waals surface area contributed by atoms with Gasteiger partial charge < -0.3 is 24.4 Å². The molecule has 0 aromatic heterocycles. The Bertz CT molecular complexity index is 1260. The Morgan fingerprint density at radius 2 is 1.95 bits per heavy atom. The van der Waals surface area contributed by atoms with E-state index >= 15 is 0 Å². The monoisotopic (exact) mass is 531 g/mol. The highest BCUT2D eigenvalue weighted by molar-refractivity contribution is 5.62. The smallest absolute Gasteiger partial charge is 0.138 e. The van der Waals surface area contributed by atoms with Crippen LogP contribution in [0.25, 0.3) is 0 Å². The first kappa shape index (κ1) is 24.8. The van der Waals surface area contributed by atoms with Gasteiger partial charge in [0.1, 0.15) is 23.6 Å². The fraction of sp³-hybridized carbons (Fsp3) is 0.636. The second-order valence-corrected chi connectivity index (χ2v) is 13.3. The molecule has 7 atom stereocenters. The molecule has 0 amide bonds. The van der Waals surface area contributed by atoms with Crippen LogP contribution in [0, 0.1) is 17.3 Å². The Morgan fingerprint density at radius 1 is 1.10 bits per heavy atom. The van der Waals surface area contributed by atoms with Crippen LogP contribution in [0.4, 0.5) is 0 Å². The summed E-state index contributed by atoms with van der Waals surface area (Å²) >= 11 is 0. The Labute approximate surface area is 231 Å². The summed E-state index contributed by atoms with van der Waals surface area (Å²) in [6, 6.07) is 15.2. The van der Waals surface area contributed by atoms with Gasteiger partial charge in [-0.2, -0.15) is 0 Å². The zero-order valence-corrected chi connectivity index (χ0v) is 23.0. The molecule has 4 bridgehead atoms. The number of rotatable bonds is 9. The number of hydrogen-bond acceptors (Lipinski definition) is 6. The molecule has 4 unspecified atom stereocenters. The summed E-state index contributed by atoms with van der Waals surface area (Å²) in [6.45, 7) is 3.28. The molecule has 208 valence electrons. The highest BCUT2D eigenvalue weighted by Crippen LogP contribution is 2.76. The predicted octanol–water partition coefficient (Wildman–Crippen LogP) is 4.15. The van der Waals surface area contributed by atoms with Gasteiger partial charge in [0.2, 0.25) is 0 Å². The van der Waals surface area contributed by atoms with Crippen LogP contribution in [-0.2, 0) is 27.9 Å².